The maximum absolute atomic E-state index is 5.23. The topological polar surface area (TPSA) is 25.8 Å². The van der Waals surface area contributed by atoms with E-state index in [4.69, 9.17) is 9.97 Å². The van der Waals surface area contributed by atoms with Crippen molar-refractivity contribution in [1.82, 2.24) is 9.97 Å². The van der Waals surface area contributed by atoms with E-state index in [2.05, 4.69) is 158 Å². The summed E-state index contributed by atoms with van der Waals surface area (Å²) in [6.07, 6.45) is 19.8. The number of allylic oxidation sites excluding steroid dienone is 8. The number of rotatable bonds is 6. The standard InChI is InChI=1S/C48H36N2/c1-4-14-33(15-5-1)37-24-25-46(49-32-37)41-27-38(26-40(28-41)45-29-36-20-10-11-21-42(36)43-22-12-13-23-44(43)45)39-30-47(34-16-6-2-7-17-34)50-48(31-39)35-18-8-3-9-19-35/h1,4-6,8,10-32H,2-3,7,9H2. The molecule has 9 rings (SSSR count). The maximum Gasteiger partial charge on any atom is 0.0712 e. The van der Waals surface area contributed by atoms with Crippen LogP contribution < -0.4 is 0 Å². The smallest absolute Gasteiger partial charge is 0.0712 e. The zero-order valence-corrected chi connectivity index (χ0v) is 27.9. The lowest BCUT2D eigenvalue weighted by Crippen LogP contribution is -1.98. The molecule has 2 aromatic heterocycles. The molecule has 0 N–H and O–H groups in total. The number of hydrogen-bond donors (Lipinski definition) is 0. The van der Waals surface area contributed by atoms with Crippen LogP contribution in [-0.2, 0) is 0 Å². The van der Waals surface area contributed by atoms with E-state index in [1.165, 1.54) is 43.8 Å². The molecule has 2 aliphatic carbocycles. The van der Waals surface area contributed by atoms with Crippen molar-refractivity contribution in [3.63, 3.8) is 0 Å². The van der Waals surface area contributed by atoms with E-state index in [1.54, 1.807) is 0 Å². The van der Waals surface area contributed by atoms with E-state index in [0.717, 1.165) is 70.6 Å². The predicted octanol–water partition coefficient (Wildman–Crippen LogP) is 12.9. The summed E-state index contributed by atoms with van der Waals surface area (Å²) >= 11 is 0. The lowest BCUT2D eigenvalue weighted by molar-refractivity contribution is 1.03. The van der Waals surface area contributed by atoms with Gasteiger partial charge in [0.15, 0.2) is 0 Å². The molecule has 0 fully saturated rings. The largest absolute Gasteiger partial charge is 0.256 e. The van der Waals surface area contributed by atoms with Gasteiger partial charge in [0.2, 0.25) is 0 Å². The van der Waals surface area contributed by atoms with Crippen molar-refractivity contribution in [2.45, 2.75) is 25.7 Å². The molecule has 0 unspecified atom stereocenters. The molecule has 0 saturated heterocycles. The van der Waals surface area contributed by atoms with Gasteiger partial charge in [-0.1, -0.05) is 121 Å². The highest BCUT2D eigenvalue weighted by molar-refractivity contribution is 6.14. The third-order valence-electron chi connectivity index (χ3n) is 9.92. The quantitative estimate of drug-likeness (QED) is 0.169. The van der Waals surface area contributed by atoms with Crippen molar-refractivity contribution >= 4 is 32.7 Å². The molecule has 0 aliphatic heterocycles. The number of nitrogens with zero attached hydrogens (tertiary/aromatic N) is 2. The Balaban J connectivity index is 1.27. The average molecular weight is 641 g/mol. The summed E-state index contributed by atoms with van der Waals surface area (Å²) in [5.74, 6) is 0. The van der Waals surface area contributed by atoms with Crippen molar-refractivity contribution in [2.75, 3.05) is 0 Å². The molecule has 2 nitrogen and oxygen atoms in total. The minimum absolute atomic E-state index is 0.947. The van der Waals surface area contributed by atoms with E-state index >= 15 is 0 Å². The van der Waals surface area contributed by atoms with Crippen LogP contribution in [0.2, 0.25) is 0 Å². The van der Waals surface area contributed by atoms with Gasteiger partial charge in [0.05, 0.1) is 17.1 Å². The van der Waals surface area contributed by atoms with E-state index in [9.17, 15) is 0 Å². The van der Waals surface area contributed by atoms with Crippen molar-refractivity contribution in [3.8, 4) is 44.6 Å². The fraction of sp³-hybridized carbons (Fsp3) is 0.0833. The maximum atomic E-state index is 5.23. The zero-order chi connectivity index (χ0) is 33.3. The Labute approximate surface area is 293 Å². The molecule has 7 aromatic rings. The Morgan fingerprint density at radius 3 is 1.70 bits per heavy atom. The summed E-state index contributed by atoms with van der Waals surface area (Å²) in [6.45, 7) is 0. The fourth-order valence-electron chi connectivity index (χ4n) is 7.36. The van der Waals surface area contributed by atoms with E-state index in [1.807, 2.05) is 12.3 Å². The summed E-state index contributed by atoms with van der Waals surface area (Å²) in [4.78, 5) is 10.3. The third kappa shape index (κ3) is 5.80. The fourth-order valence-corrected chi connectivity index (χ4v) is 7.36. The second-order valence-electron chi connectivity index (χ2n) is 13.2. The van der Waals surface area contributed by atoms with E-state index in [-0.39, 0.29) is 0 Å². The Bertz CT molecular complexity index is 2460. The van der Waals surface area contributed by atoms with Gasteiger partial charge in [0, 0.05) is 17.3 Å². The molecule has 0 radical (unpaired) electrons. The van der Waals surface area contributed by atoms with Crippen LogP contribution in [-0.4, -0.2) is 9.97 Å². The van der Waals surface area contributed by atoms with Gasteiger partial charge >= 0.3 is 0 Å². The summed E-state index contributed by atoms with van der Waals surface area (Å²) in [7, 11) is 0. The lowest BCUT2D eigenvalue weighted by atomic mass is 9.89. The molecule has 50 heavy (non-hydrogen) atoms. The molecule has 0 spiro atoms. The van der Waals surface area contributed by atoms with E-state index in [0.29, 0.717) is 0 Å². The Hall–Kier alpha value is -6.12. The molecule has 0 amide bonds. The van der Waals surface area contributed by atoms with Crippen LogP contribution in [0.3, 0.4) is 0 Å². The minimum Gasteiger partial charge on any atom is -0.256 e. The van der Waals surface area contributed by atoms with Crippen LogP contribution >= 0.6 is 0 Å². The van der Waals surface area contributed by atoms with Crippen molar-refractivity contribution in [2.24, 2.45) is 0 Å². The summed E-state index contributed by atoms with van der Waals surface area (Å²) < 4.78 is 0. The van der Waals surface area contributed by atoms with Crippen LogP contribution in [0.4, 0.5) is 0 Å². The monoisotopic (exact) mass is 640 g/mol. The SMILES string of the molecule is C1=CC(c2cc(-c3cc(-c4ccc(-c5ccccc5)cn4)cc(-c4cc5ccccc5c5ccccc45)c3)cc(C3=CCCC=C3)n2)=CCC1. The van der Waals surface area contributed by atoms with Gasteiger partial charge in [-0.05, 0) is 129 Å². The molecular weight excluding hydrogens is 605 g/mol. The van der Waals surface area contributed by atoms with Gasteiger partial charge in [0.1, 0.15) is 0 Å². The van der Waals surface area contributed by atoms with E-state index < -0.39 is 0 Å². The molecule has 2 aliphatic rings. The zero-order valence-electron chi connectivity index (χ0n) is 27.9. The second-order valence-corrected chi connectivity index (χ2v) is 13.2. The normalized spacial score (nSPS) is 14.2. The predicted molar refractivity (Wildman–Crippen MR) is 211 cm³/mol. The molecule has 0 saturated carbocycles. The summed E-state index contributed by atoms with van der Waals surface area (Å²) in [6, 6.07) is 46.1. The number of pyridine rings is 2. The van der Waals surface area contributed by atoms with Gasteiger partial charge in [-0.15, -0.1) is 0 Å². The number of fused-ring (bicyclic) bond motifs is 3. The second kappa shape index (κ2) is 13.1. The first-order chi connectivity index (χ1) is 24.8. The van der Waals surface area contributed by atoms with Crippen LogP contribution in [0, 0.1) is 0 Å². The van der Waals surface area contributed by atoms with Crippen LogP contribution in [0.15, 0.2) is 170 Å². The van der Waals surface area contributed by atoms with Gasteiger partial charge in [-0.2, -0.15) is 0 Å². The van der Waals surface area contributed by atoms with Crippen molar-refractivity contribution < 1.29 is 0 Å². The molecule has 2 heteroatoms. The molecule has 0 bridgehead atoms. The van der Waals surface area contributed by atoms with Crippen LogP contribution in [0.25, 0.3) is 77.3 Å². The molecule has 0 atom stereocenters. The summed E-state index contributed by atoms with van der Waals surface area (Å²) in [5.41, 5.74) is 13.4. The lowest BCUT2D eigenvalue weighted by Gasteiger charge is -2.17. The van der Waals surface area contributed by atoms with Crippen molar-refractivity contribution in [3.05, 3.63) is 181 Å². The third-order valence-corrected chi connectivity index (χ3v) is 9.92. The number of benzene rings is 5. The van der Waals surface area contributed by atoms with Crippen LogP contribution in [0.5, 0.6) is 0 Å². The molecule has 2 heterocycles. The molecule has 5 aromatic carbocycles. The molecular formula is C48H36N2. The van der Waals surface area contributed by atoms with Gasteiger partial charge < -0.3 is 0 Å². The van der Waals surface area contributed by atoms with Crippen LogP contribution in [0.1, 0.15) is 37.1 Å². The average Bonchev–Trinajstić information content (AvgIpc) is 3.21. The highest BCUT2D eigenvalue weighted by Crippen LogP contribution is 2.40. The first-order valence-corrected chi connectivity index (χ1v) is 17.6. The first kappa shape index (κ1) is 30.0. The van der Waals surface area contributed by atoms with Gasteiger partial charge in [0.25, 0.3) is 0 Å². The van der Waals surface area contributed by atoms with Gasteiger partial charge in [-0.3, -0.25) is 4.98 Å². The van der Waals surface area contributed by atoms with Crippen molar-refractivity contribution in [1.29, 1.82) is 0 Å². The Kier molecular flexibility index (Phi) is 7.83. The molecule has 238 valence electrons. The first-order valence-electron chi connectivity index (χ1n) is 17.6. The minimum atomic E-state index is 0.947. The number of aromatic nitrogens is 2. The van der Waals surface area contributed by atoms with Gasteiger partial charge in [-0.25, -0.2) is 4.98 Å². The Morgan fingerprint density at radius 2 is 1.02 bits per heavy atom. The highest BCUT2D eigenvalue weighted by atomic mass is 14.7. The highest BCUT2D eigenvalue weighted by Gasteiger charge is 2.16. The Morgan fingerprint density at radius 1 is 0.400 bits per heavy atom. The summed E-state index contributed by atoms with van der Waals surface area (Å²) in [5, 5.41) is 5.01. The number of hydrogen-bond acceptors (Lipinski definition) is 2.